The highest BCUT2D eigenvalue weighted by Gasteiger charge is 2.16. The van der Waals surface area contributed by atoms with Crippen LogP contribution in [0.5, 0.6) is 0 Å². The van der Waals surface area contributed by atoms with Crippen molar-refractivity contribution in [3.05, 3.63) is 11.4 Å². The number of carbonyl (C=O) groups is 1. The van der Waals surface area contributed by atoms with Gasteiger partial charge in [0.1, 0.15) is 0 Å². The van der Waals surface area contributed by atoms with E-state index in [2.05, 4.69) is 4.85 Å². The molecule has 0 fully saturated rings. The average Bonchev–Trinajstić information content (AvgIpc) is 2.02. The Morgan fingerprint density at radius 2 is 2.18 bits per heavy atom. The second-order valence-corrected chi connectivity index (χ2v) is 2.47. The van der Waals surface area contributed by atoms with Crippen LogP contribution in [0, 0.1) is 12.5 Å². The third-order valence-electron chi connectivity index (χ3n) is 1.48. The first-order valence-corrected chi connectivity index (χ1v) is 3.68. The number of nitrogens with zero attached hydrogens (tertiary/aromatic N) is 1. The molecule has 0 amide bonds. The lowest BCUT2D eigenvalue weighted by Crippen LogP contribution is -2.18. The second-order valence-electron chi connectivity index (χ2n) is 2.47. The highest BCUT2D eigenvalue weighted by atomic mass is 16.6. The molecule has 2 unspecified atom stereocenters. The van der Waals surface area contributed by atoms with E-state index >= 15 is 0 Å². The van der Waals surface area contributed by atoms with Crippen LogP contribution in [0.2, 0.25) is 0 Å². The summed E-state index contributed by atoms with van der Waals surface area (Å²) in [7, 11) is 0. The quantitative estimate of drug-likeness (QED) is 0.460. The molecule has 0 aromatic heterocycles. The predicted octanol–water partition coefficient (Wildman–Crippen LogP) is 1.84. The van der Waals surface area contributed by atoms with Crippen LogP contribution < -0.4 is 0 Å². The number of hydrogen-bond acceptors (Lipinski definition) is 2. The van der Waals surface area contributed by atoms with Crippen LogP contribution >= 0.6 is 0 Å². The highest BCUT2D eigenvalue weighted by Crippen LogP contribution is 2.05. The molecule has 0 aliphatic carbocycles. The van der Waals surface area contributed by atoms with E-state index in [0.29, 0.717) is 0 Å². The zero-order valence-electron chi connectivity index (χ0n) is 7.13. The largest absolute Gasteiger partial charge is 0.391 e. The molecule has 3 heteroatoms. The van der Waals surface area contributed by atoms with Gasteiger partial charge in [0.2, 0.25) is 0 Å². The van der Waals surface area contributed by atoms with E-state index in [1.165, 1.54) is 0 Å². The Balaban J connectivity index is 3.80. The molecule has 3 nitrogen and oxygen atoms in total. The van der Waals surface area contributed by atoms with Gasteiger partial charge >= 0.3 is 12.2 Å². The van der Waals surface area contributed by atoms with E-state index in [9.17, 15) is 4.79 Å². The van der Waals surface area contributed by atoms with E-state index in [4.69, 9.17) is 11.3 Å². The van der Waals surface area contributed by atoms with Crippen molar-refractivity contribution in [1.82, 2.24) is 0 Å². The lowest BCUT2D eigenvalue weighted by atomic mass is 10.1. The van der Waals surface area contributed by atoms with Crippen molar-refractivity contribution in [2.45, 2.75) is 33.4 Å². The summed E-state index contributed by atoms with van der Waals surface area (Å²) in [5, 5.41) is 0. The highest BCUT2D eigenvalue weighted by molar-refractivity contribution is 5.72. The van der Waals surface area contributed by atoms with Gasteiger partial charge < -0.3 is 4.74 Å². The first kappa shape index (κ1) is 9.96. The molecule has 0 saturated carbocycles. The van der Waals surface area contributed by atoms with Gasteiger partial charge in [-0.2, -0.15) is 0 Å². The number of carbonyl (C=O) groups excluding carboxylic acids is 1. The lowest BCUT2D eigenvalue weighted by molar-refractivity contribution is -0.150. The van der Waals surface area contributed by atoms with Gasteiger partial charge in [0.15, 0.2) is 0 Å². The summed E-state index contributed by atoms with van der Waals surface area (Å²) in [5.74, 6) is -0.379. The number of esters is 1. The molecular weight excluding hydrogens is 142 g/mol. The second kappa shape index (κ2) is 4.73. The minimum Gasteiger partial charge on any atom is -0.391 e. The first-order chi connectivity index (χ1) is 5.11. The van der Waals surface area contributed by atoms with Crippen LogP contribution in [0.1, 0.15) is 27.2 Å². The predicted molar refractivity (Wildman–Crippen MR) is 41.6 cm³/mol. The molecule has 0 aromatic rings. The molecular formula is C8H13NO2. The summed E-state index contributed by atoms with van der Waals surface area (Å²) in [6.45, 7) is 11.8. The topological polar surface area (TPSA) is 30.7 Å². The van der Waals surface area contributed by atoms with E-state index in [0.717, 1.165) is 6.42 Å². The molecule has 0 aliphatic rings. The molecule has 0 heterocycles. The van der Waals surface area contributed by atoms with Crippen LogP contribution in [-0.4, -0.2) is 12.2 Å². The summed E-state index contributed by atoms with van der Waals surface area (Å²) in [6.07, 6.45) is 0.111. The van der Waals surface area contributed by atoms with Crippen LogP contribution in [-0.2, 0) is 9.53 Å². The molecule has 0 N–H and O–H groups in total. The number of hydrogen-bond donors (Lipinski definition) is 0. The minimum absolute atomic E-state index is 0.0980. The molecule has 0 aromatic carbocycles. The third-order valence-corrected chi connectivity index (χ3v) is 1.48. The van der Waals surface area contributed by atoms with Crippen molar-refractivity contribution in [3.63, 3.8) is 0 Å². The van der Waals surface area contributed by atoms with Crippen molar-refractivity contribution >= 4 is 5.97 Å². The van der Waals surface area contributed by atoms with Gasteiger partial charge in [-0.15, -0.1) is 0 Å². The molecule has 0 radical (unpaired) electrons. The minimum atomic E-state index is -0.642. The summed E-state index contributed by atoms with van der Waals surface area (Å²) in [4.78, 5) is 14.0. The van der Waals surface area contributed by atoms with E-state index in [-0.39, 0.29) is 11.9 Å². The van der Waals surface area contributed by atoms with E-state index in [1.54, 1.807) is 13.8 Å². The SMILES string of the molecule is [C-]#[N+]C(C)OC(=O)C(C)CC. The van der Waals surface area contributed by atoms with Gasteiger partial charge in [0.05, 0.1) is 12.8 Å². The van der Waals surface area contributed by atoms with E-state index < -0.39 is 6.23 Å². The monoisotopic (exact) mass is 155 g/mol. The normalized spacial score (nSPS) is 14.7. The molecule has 11 heavy (non-hydrogen) atoms. The van der Waals surface area contributed by atoms with E-state index in [1.807, 2.05) is 6.92 Å². The van der Waals surface area contributed by atoms with Gasteiger partial charge in [0.25, 0.3) is 0 Å². The van der Waals surface area contributed by atoms with Crippen molar-refractivity contribution in [2.75, 3.05) is 0 Å². The maximum absolute atomic E-state index is 11.0. The summed E-state index contributed by atoms with van der Waals surface area (Å²) < 4.78 is 4.76. The zero-order valence-corrected chi connectivity index (χ0v) is 7.13. The summed E-state index contributed by atoms with van der Waals surface area (Å²) in [5.41, 5.74) is 0. The Kier molecular flexibility index (Phi) is 4.28. The molecule has 0 rings (SSSR count). The van der Waals surface area contributed by atoms with Gasteiger partial charge in [-0.25, -0.2) is 6.57 Å². The lowest BCUT2D eigenvalue weighted by Gasteiger charge is -2.07. The molecule has 0 spiro atoms. The fourth-order valence-corrected chi connectivity index (χ4v) is 0.477. The van der Waals surface area contributed by atoms with Gasteiger partial charge in [-0.05, 0) is 6.42 Å². The Morgan fingerprint density at radius 3 is 2.55 bits per heavy atom. The summed E-state index contributed by atoms with van der Waals surface area (Å²) >= 11 is 0. The van der Waals surface area contributed by atoms with Crippen LogP contribution in [0.25, 0.3) is 4.85 Å². The van der Waals surface area contributed by atoms with Gasteiger partial charge in [0, 0.05) is 0 Å². The van der Waals surface area contributed by atoms with Crippen molar-refractivity contribution in [1.29, 1.82) is 0 Å². The Labute approximate surface area is 67.2 Å². The molecule has 62 valence electrons. The fourth-order valence-electron chi connectivity index (χ4n) is 0.477. The number of rotatable bonds is 3. The van der Waals surface area contributed by atoms with Crippen molar-refractivity contribution in [2.24, 2.45) is 5.92 Å². The molecule has 0 aliphatic heterocycles. The molecule has 0 saturated heterocycles. The summed E-state index contributed by atoms with van der Waals surface area (Å²) in [6, 6.07) is 0. The van der Waals surface area contributed by atoms with Crippen LogP contribution in [0.4, 0.5) is 0 Å². The Hall–Kier alpha value is -1.04. The maximum Gasteiger partial charge on any atom is 0.365 e. The Bertz CT molecular complexity index is 171. The standard InChI is InChI=1S/C8H13NO2/c1-5-6(2)8(10)11-7(3)9-4/h6-7H,5H2,1-3H3. The smallest absolute Gasteiger partial charge is 0.365 e. The Morgan fingerprint density at radius 1 is 1.64 bits per heavy atom. The maximum atomic E-state index is 11.0. The number of ether oxygens (including phenoxy) is 1. The van der Waals surface area contributed by atoms with Crippen LogP contribution in [0.3, 0.4) is 0 Å². The molecule has 0 bridgehead atoms. The zero-order chi connectivity index (χ0) is 8.85. The fraction of sp³-hybridized carbons (Fsp3) is 0.750. The first-order valence-electron chi connectivity index (χ1n) is 3.68. The average molecular weight is 155 g/mol. The van der Waals surface area contributed by atoms with Crippen LogP contribution in [0.15, 0.2) is 0 Å². The van der Waals surface area contributed by atoms with Gasteiger partial charge in [-0.3, -0.25) is 9.64 Å². The third kappa shape index (κ3) is 3.61. The van der Waals surface area contributed by atoms with Crippen molar-refractivity contribution in [3.8, 4) is 0 Å². The van der Waals surface area contributed by atoms with Gasteiger partial charge in [-0.1, -0.05) is 13.8 Å². The van der Waals surface area contributed by atoms with Crippen molar-refractivity contribution < 1.29 is 9.53 Å². The molecule has 2 atom stereocenters.